The lowest BCUT2D eigenvalue weighted by atomic mass is 10.1. The third-order valence-corrected chi connectivity index (χ3v) is 4.22. The van der Waals surface area contributed by atoms with Crippen LogP contribution in [0.1, 0.15) is 11.1 Å². The smallest absolute Gasteiger partial charge is 0.343 e. The van der Waals surface area contributed by atoms with Crippen LogP contribution >= 0.6 is 15.9 Å². The van der Waals surface area contributed by atoms with Crippen LogP contribution < -0.4 is 10.1 Å². The molecule has 2 aromatic carbocycles. The number of methoxy groups -OCH3 is 1. The van der Waals surface area contributed by atoms with Crippen molar-refractivity contribution in [2.45, 2.75) is 6.92 Å². The number of ether oxygens (including phenoxy) is 2. The summed E-state index contributed by atoms with van der Waals surface area (Å²) in [6.45, 7) is 1.65. The predicted molar refractivity (Wildman–Crippen MR) is 105 cm³/mol. The molecule has 2 aromatic rings. The minimum atomic E-state index is -0.495. The van der Waals surface area contributed by atoms with Crippen molar-refractivity contribution in [2.24, 2.45) is 0 Å². The minimum Gasteiger partial charge on any atom is -0.481 e. The van der Waals surface area contributed by atoms with Gasteiger partial charge in [0.1, 0.15) is 17.4 Å². The molecule has 0 saturated heterocycles. The van der Waals surface area contributed by atoms with Crippen LogP contribution in [0.2, 0.25) is 0 Å². The van der Waals surface area contributed by atoms with Gasteiger partial charge in [-0.2, -0.15) is 5.26 Å². The van der Waals surface area contributed by atoms with Crippen LogP contribution in [-0.4, -0.2) is 25.6 Å². The zero-order chi connectivity index (χ0) is 19.8. The molecular weight excluding hydrogens is 412 g/mol. The number of halogens is 1. The SMILES string of the molecule is COC(=O)COc1ccc(/C=C(/C#N)C(=O)Nc2ccccc2C)cc1Br. The number of rotatable bonds is 6. The Hall–Kier alpha value is -3.11. The average Bonchev–Trinajstić information content (AvgIpc) is 2.66. The van der Waals surface area contributed by atoms with Crippen molar-refractivity contribution in [3.05, 3.63) is 63.6 Å². The van der Waals surface area contributed by atoms with E-state index in [-0.39, 0.29) is 12.2 Å². The number of para-hydroxylation sites is 1. The first kappa shape index (κ1) is 20.2. The molecule has 0 aliphatic heterocycles. The second-order valence-corrected chi connectivity index (χ2v) is 6.35. The molecule has 0 aromatic heterocycles. The molecule has 0 aliphatic carbocycles. The number of anilines is 1. The van der Waals surface area contributed by atoms with Gasteiger partial charge in [0.2, 0.25) is 0 Å². The Labute approximate surface area is 165 Å². The molecule has 0 heterocycles. The maximum Gasteiger partial charge on any atom is 0.343 e. The van der Waals surface area contributed by atoms with Gasteiger partial charge in [-0.25, -0.2) is 4.79 Å². The van der Waals surface area contributed by atoms with Crippen LogP contribution in [0.4, 0.5) is 5.69 Å². The molecule has 1 N–H and O–H groups in total. The van der Waals surface area contributed by atoms with E-state index in [4.69, 9.17) is 4.74 Å². The molecule has 0 unspecified atom stereocenters. The number of nitrogens with zero attached hydrogens (tertiary/aromatic N) is 1. The number of benzene rings is 2. The second kappa shape index (κ2) is 9.55. The van der Waals surface area contributed by atoms with Gasteiger partial charge in [-0.15, -0.1) is 0 Å². The van der Waals surface area contributed by atoms with Crippen molar-refractivity contribution in [1.82, 2.24) is 0 Å². The first-order valence-electron chi connectivity index (χ1n) is 7.92. The molecular formula is C20H17BrN2O4. The molecule has 138 valence electrons. The molecule has 0 aliphatic rings. The summed E-state index contributed by atoms with van der Waals surface area (Å²) in [5, 5.41) is 12.1. The van der Waals surface area contributed by atoms with E-state index in [0.29, 0.717) is 21.5 Å². The van der Waals surface area contributed by atoms with Crippen LogP contribution in [0.25, 0.3) is 6.08 Å². The van der Waals surface area contributed by atoms with E-state index in [1.54, 1.807) is 24.3 Å². The highest BCUT2D eigenvalue weighted by Crippen LogP contribution is 2.27. The van der Waals surface area contributed by atoms with Crippen LogP contribution in [0, 0.1) is 18.3 Å². The van der Waals surface area contributed by atoms with Crippen LogP contribution in [-0.2, 0) is 14.3 Å². The predicted octanol–water partition coefficient (Wildman–Crippen LogP) is 3.86. The van der Waals surface area contributed by atoms with Crippen molar-refractivity contribution in [1.29, 1.82) is 5.26 Å². The van der Waals surface area contributed by atoms with E-state index in [9.17, 15) is 14.9 Å². The highest BCUT2D eigenvalue weighted by Gasteiger charge is 2.12. The van der Waals surface area contributed by atoms with Gasteiger partial charge in [0.25, 0.3) is 5.91 Å². The Balaban J connectivity index is 2.16. The zero-order valence-corrected chi connectivity index (χ0v) is 16.4. The maximum atomic E-state index is 12.4. The molecule has 0 fully saturated rings. The maximum absolute atomic E-state index is 12.4. The first-order chi connectivity index (χ1) is 12.9. The molecule has 2 rings (SSSR count). The van der Waals surface area contributed by atoms with Gasteiger partial charge in [0, 0.05) is 5.69 Å². The van der Waals surface area contributed by atoms with Gasteiger partial charge in [-0.1, -0.05) is 24.3 Å². The third kappa shape index (κ3) is 5.69. The molecule has 0 saturated carbocycles. The van der Waals surface area contributed by atoms with Crippen LogP contribution in [0.5, 0.6) is 5.75 Å². The number of hydrogen-bond donors (Lipinski definition) is 1. The van der Waals surface area contributed by atoms with E-state index in [1.165, 1.54) is 13.2 Å². The van der Waals surface area contributed by atoms with Crippen LogP contribution in [0.3, 0.4) is 0 Å². The Bertz CT molecular complexity index is 932. The number of hydrogen-bond acceptors (Lipinski definition) is 5. The lowest BCUT2D eigenvalue weighted by Gasteiger charge is -2.09. The lowest BCUT2D eigenvalue weighted by molar-refractivity contribution is -0.142. The summed E-state index contributed by atoms with van der Waals surface area (Å²) < 4.78 is 10.4. The van der Waals surface area contributed by atoms with Crippen molar-refractivity contribution in [2.75, 3.05) is 19.0 Å². The molecule has 0 spiro atoms. The fourth-order valence-corrected chi connectivity index (χ4v) is 2.65. The quantitative estimate of drug-likeness (QED) is 0.428. The molecule has 7 heteroatoms. The minimum absolute atomic E-state index is 0.0339. The Kier molecular flexibility index (Phi) is 7.15. The standard InChI is InChI=1S/C20H17BrN2O4/c1-13-5-3-4-6-17(13)23-20(25)15(11-22)9-14-7-8-18(16(21)10-14)27-12-19(24)26-2/h3-10H,12H2,1-2H3,(H,23,25)/b15-9-. The van der Waals surface area contributed by atoms with Crippen LogP contribution in [0.15, 0.2) is 52.5 Å². The molecule has 6 nitrogen and oxygen atoms in total. The highest BCUT2D eigenvalue weighted by molar-refractivity contribution is 9.10. The number of aryl methyl sites for hydroxylation is 1. The summed E-state index contributed by atoms with van der Waals surface area (Å²) in [5.74, 6) is -0.542. The molecule has 27 heavy (non-hydrogen) atoms. The highest BCUT2D eigenvalue weighted by atomic mass is 79.9. The van der Waals surface area contributed by atoms with Crippen molar-refractivity contribution in [3.8, 4) is 11.8 Å². The van der Waals surface area contributed by atoms with E-state index in [1.807, 2.05) is 31.2 Å². The van der Waals surface area contributed by atoms with E-state index in [0.717, 1.165) is 5.56 Å². The lowest BCUT2D eigenvalue weighted by Crippen LogP contribution is -2.14. The monoisotopic (exact) mass is 428 g/mol. The fourth-order valence-electron chi connectivity index (χ4n) is 2.14. The first-order valence-corrected chi connectivity index (χ1v) is 8.72. The number of amides is 1. The molecule has 0 atom stereocenters. The largest absolute Gasteiger partial charge is 0.481 e. The van der Waals surface area contributed by atoms with Crippen molar-refractivity contribution in [3.63, 3.8) is 0 Å². The number of carbonyl (C=O) groups excluding carboxylic acids is 2. The molecule has 0 bridgehead atoms. The third-order valence-electron chi connectivity index (χ3n) is 3.60. The van der Waals surface area contributed by atoms with E-state index < -0.39 is 11.9 Å². The normalized spacial score (nSPS) is 10.7. The van der Waals surface area contributed by atoms with E-state index >= 15 is 0 Å². The van der Waals surface area contributed by atoms with Gasteiger partial charge in [-0.3, -0.25) is 4.79 Å². The number of nitrogens with one attached hydrogen (secondary N) is 1. The number of carbonyl (C=O) groups is 2. The molecule has 1 amide bonds. The number of esters is 1. The van der Waals surface area contributed by atoms with Crippen molar-refractivity contribution < 1.29 is 19.1 Å². The summed E-state index contributed by atoms with van der Waals surface area (Å²) in [5.41, 5.74) is 2.14. The number of nitriles is 1. The fraction of sp³-hybridized carbons (Fsp3) is 0.150. The van der Waals surface area contributed by atoms with Gasteiger partial charge in [0.15, 0.2) is 6.61 Å². The van der Waals surface area contributed by atoms with Gasteiger partial charge < -0.3 is 14.8 Å². The zero-order valence-electron chi connectivity index (χ0n) is 14.8. The van der Waals surface area contributed by atoms with Gasteiger partial charge in [0.05, 0.1) is 11.6 Å². The second-order valence-electron chi connectivity index (χ2n) is 5.49. The Morgan fingerprint density at radius 1 is 1.26 bits per heavy atom. The van der Waals surface area contributed by atoms with Crippen molar-refractivity contribution >= 4 is 39.6 Å². The summed E-state index contributed by atoms with van der Waals surface area (Å²) in [6.07, 6.45) is 1.47. The topological polar surface area (TPSA) is 88.4 Å². The van der Waals surface area contributed by atoms with E-state index in [2.05, 4.69) is 26.0 Å². The Morgan fingerprint density at radius 3 is 2.63 bits per heavy atom. The van der Waals surface area contributed by atoms with Gasteiger partial charge >= 0.3 is 5.97 Å². The van der Waals surface area contributed by atoms with Gasteiger partial charge in [-0.05, 0) is 58.3 Å². The Morgan fingerprint density at radius 2 is 2.00 bits per heavy atom. The molecule has 0 radical (unpaired) electrons. The summed E-state index contributed by atoms with van der Waals surface area (Å²) in [7, 11) is 1.28. The average molecular weight is 429 g/mol. The summed E-state index contributed by atoms with van der Waals surface area (Å²) >= 11 is 3.34. The summed E-state index contributed by atoms with van der Waals surface area (Å²) in [6, 6.07) is 14.2. The summed E-state index contributed by atoms with van der Waals surface area (Å²) in [4.78, 5) is 23.5.